The molecule has 0 radical (unpaired) electrons. The van der Waals surface area contributed by atoms with Crippen molar-refractivity contribution < 1.29 is 171 Å². The van der Waals surface area contributed by atoms with Gasteiger partial charge in [0, 0.05) is 64.0 Å². The third kappa shape index (κ3) is 61.1. The van der Waals surface area contributed by atoms with Crippen LogP contribution in [-0.4, -0.2) is 316 Å². The summed E-state index contributed by atoms with van der Waals surface area (Å²) >= 11 is 0. The van der Waals surface area contributed by atoms with Crippen LogP contribution in [0.4, 0.5) is 0 Å². The van der Waals surface area contributed by atoms with Crippen molar-refractivity contribution in [3.05, 3.63) is 0 Å². The van der Waals surface area contributed by atoms with Gasteiger partial charge in [-0.25, -0.2) is 43.2 Å². The summed E-state index contributed by atoms with van der Waals surface area (Å²) < 4.78 is 131. The number of hydrogen-bond acceptors (Lipinski definition) is 36. The lowest BCUT2D eigenvalue weighted by Gasteiger charge is -2.18. The Kier molecular flexibility index (Phi) is 62.6. The molecule has 0 amide bonds. The molecule has 0 fully saturated rings. The molecule has 0 aliphatic rings. The highest BCUT2D eigenvalue weighted by molar-refractivity contribution is 5.76. The molecule has 0 saturated heterocycles. The number of hydrogen-bond donors (Lipinski definition) is 0. The van der Waals surface area contributed by atoms with Crippen LogP contribution in [0.3, 0.4) is 0 Å². The first kappa shape index (κ1) is 82.7. The summed E-state index contributed by atoms with van der Waals surface area (Å²) in [5.74, 6) is -8.19. The van der Waals surface area contributed by atoms with Crippen molar-refractivity contribution in [2.24, 2.45) is 0 Å². The quantitative estimate of drug-likeness (QED) is 0.0249. The summed E-state index contributed by atoms with van der Waals surface area (Å²) in [6.45, 7) is -5.04. The molecule has 36 nitrogen and oxygen atoms in total. The van der Waals surface area contributed by atoms with Gasteiger partial charge in [-0.05, 0) is 0 Å². The minimum absolute atomic E-state index is 0.101. The third-order valence-electron chi connectivity index (χ3n) is 7.86. The summed E-state index contributed by atoms with van der Waals surface area (Å²) in [4.78, 5) is 105. The van der Waals surface area contributed by atoms with E-state index in [4.69, 9.17) is 99.5 Å². The van der Waals surface area contributed by atoms with E-state index in [2.05, 4.69) is 28.4 Å². The molecule has 0 N–H and O–H groups in total. The molecule has 0 aliphatic heterocycles. The second-order valence-corrected chi connectivity index (χ2v) is 14.7. The average Bonchev–Trinajstić information content (AvgIpc) is 3.48. The van der Waals surface area contributed by atoms with E-state index in [0.717, 1.165) is 0 Å². The summed E-state index contributed by atoms with van der Waals surface area (Å²) in [5, 5.41) is 0. The zero-order valence-electron chi connectivity index (χ0n) is 49.0. The van der Waals surface area contributed by atoms with Gasteiger partial charge in [0.2, 0.25) is 0 Å². The van der Waals surface area contributed by atoms with E-state index < -0.39 is 113 Å². The van der Waals surface area contributed by atoms with Gasteiger partial charge in [-0.3, -0.25) is 0 Å². The molecule has 84 heavy (non-hydrogen) atoms. The van der Waals surface area contributed by atoms with Gasteiger partial charge in [0.15, 0.2) is 0 Å². The standard InChI is InChI=1S/C22H40O15.C16H28O12.C10H16O9/c1-26-4-7-29-10-13-32-16-19(23)35-22(36-20(24)17-33-14-11-30-8-5-27-2)37-21(25)18-34-15-12-31-9-6-28-3;1-20-4-7-23-10-13(17)26-16(27-14(18)11-24-8-5-21-2)28-15(19)12-25-9-6-22-3;1-14-4-7(11)17-10(18-8(12)5-15-2)19-9(13)6-16-3/h22H,4-18H2,1-3H3;16H,4-12H2,1-3H3;10H,4-6H2,1-3H3. The number of carbonyl (C=O) groups is 9. The molecule has 0 aromatic heterocycles. The van der Waals surface area contributed by atoms with Crippen molar-refractivity contribution in [3.8, 4) is 0 Å². The molecule has 0 rings (SSSR count). The number of ether oxygens (including phenoxy) is 27. The molecule has 0 heterocycles. The zero-order chi connectivity index (χ0) is 63.1. The molecule has 36 heteroatoms. The first-order chi connectivity index (χ1) is 40.6. The lowest BCUT2D eigenvalue weighted by molar-refractivity contribution is -0.264. The van der Waals surface area contributed by atoms with Crippen LogP contribution in [0, 0.1) is 0 Å². The van der Waals surface area contributed by atoms with E-state index in [9.17, 15) is 43.2 Å². The highest BCUT2D eigenvalue weighted by Crippen LogP contribution is 2.05. The number of rotatable bonds is 54. The van der Waals surface area contributed by atoms with E-state index in [0.29, 0.717) is 39.6 Å². The summed E-state index contributed by atoms with van der Waals surface area (Å²) in [5.41, 5.74) is 0. The Balaban J connectivity index is -0.00000124. The average molecular weight is 1240 g/mol. The molecule has 0 aromatic carbocycles. The van der Waals surface area contributed by atoms with Gasteiger partial charge in [0.25, 0.3) is 0 Å². The molecule has 0 aromatic rings. The molecule has 0 aliphatic carbocycles. The van der Waals surface area contributed by atoms with E-state index in [-0.39, 0.29) is 99.1 Å². The van der Waals surface area contributed by atoms with Crippen molar-refractivity contribution in [2.45, 2.75) is 19.4 Å². The highest BCUT2D eigenvalue weighted by Gasteiger charge is 2.27. The van der Waals surface area contributed by atoms with Gasteiger partial charge in [0.05, 0.1) is 119 Å². The van der Waals surface area contributed by atoms with Crippen LogP contribution in [0.25, 0.3) is 0 Å². The van der Waals surface area contributed by atoms with Crippen LogP contribution in [-0.2, 0) is 171 Å². The third-order valence-corrected chi connectivity index (χ3v) is 7.86. The topological polar surface area (TPSA) is 403 Å². The van der Waals surface area contributed by atoms with E-state index in [1.165, 1.54) is 42.7 Å². The molecule has 0 unspecified atom stereocenters. The Bertz CT molecular complexity index is 1470. The minimum Gasteiger partial charge on any atom is -0.389 e. The maximum absolute atomic E-state index is 12.0. The molecule has 0 atom stereocenters. The predicted molar refractivity (Wildman–Crippen MR) is 270 cm³/mol. The van der Waals surface area contributed by atoms with Crippen LogP contribution < -0.4 is 0 Å². The molecule has 0 spiro atoms. The van der Waals surface area contributed by atoms with Crippen molar-refractivity contribution in [2.75, 3.05) is 242 Å². The van der Waals surface area contributed by atoms with Gasteiger partial charge in [-0.1, -0.05) is 0 Å². The minimum atomic E-state index is -1.96. The predicted octanol–water partition coefficient (Wildman–Crippen LogP) is -3.33. The Morgan fingerprint density at radius 1 is 0.179 bits per heavy atom. The monoisotopic (exact) mass is 1240 g/mol. The van der Waals surface area contributed by atoms with Crippen LogP contribution >= 0.6 is 0 Å². The van der Waals surface area contributed by atoms with Crippen LogP contribution in [0.5, 0.6) is 0 Å². The van der Waals surface area contributed by atoms with E-state index in [1.54, 1.807) is 21.3 Å². The fourth-order valence-corrected chi connectivity index (χ4v) is 4.29. The van der Waals surface area contributed by atoms with Crippen molar-refractivity contribution in [1.82, 2.24) is 0 Å². The molecular formula is C48H84O36. The van der Waals surface area contributed by atoms with Crippen molar-refractivity contribution >= 4 is 53.7 Å². The zero-order valence-corrected chi connectivity index (χ0v) is 49.0. The summed E-state index contributed by atoms with van der Waals surface area (Å²) in [7, 11) is 12.9. The van der Waals surface area contributed by atoms with Gasteiger partial charge < -0.3 is 128 Å². The molecule has 0 saturated carbocycles. The maximum atomic E-state index is 12.0. The second kappa shape index (κ2) is 63.5. The Labute approximate surface area is 485 Å². The van der Waals surface area contributed by atoms with E-state index in [1.807, 2.05) is 0 Å². The fraction of sp³-hybridized carbons (Fsp3) is 0.812. The molecular weight excluding hydrogens is 1150 g/mol. The normalized spacial score (nSPS) is 10.7. The van der Waals surface area contributed by atoms with Gasteiger partial charge in [-0.15, -0.1) is 0 Å². The molecule has 492 valence electrons. The summed E-state index contributed by atoms with van der Waals surface area (Å²) in [6, 6.07) is 0. The largest absolute Gasteiger partial charge is 0.413 e. The number of carbonyl (C=O) groups excluding carboxylic acids is 9. The number of methoxy groups -OCH3 is 9. The Morgan fingerprint density at radius 3 is 0.464 bits per heavy atom. The lowest BCUT2D eigenvalue weighted by atomic mass is 10.6. The second-order valence-electron chi connectivity index (χ2n) is 14.7. The van der Waals surface area contributed by atoms with E-state index >= 15 is 0 Å². The first-order valence-electron chi connectivity index (χ1n) is 24.9. The van der Waals surface area contributed by atoms with Gasteiger partial charge in [0.1, 0.15) is 59.5 Å². The molecule has 0 bridgehead atoms. The van der Waals surface area contributed by atoms with Crippen molar-refractivity contribution in [1.29, 1.82) is 0 Å². The highest BCUT2D eigenvalue weighted by atomic mass is 16.9. The van der Waals surface area contributed by atoms with Gasteiger partial charge in [-0.2, -0.15) is 0 Å². The smallest absolute Gasteiger partial charge is 0.389 e. The van der Waals surface area contributed by atoms with Crippen LogP contribution in [0.15, 0.2) is 0 Å². The van der Waals surface area contributed by atoms with Crippen LogP contribution in [0.2, 0.25) is 0 Å². The van der Waals surface area contributed by atoms with Crippen LogP contribution in [0.1, 0.15) is 0 Å². The summed E-state index contributed by atoms with van der Waals surface area (Å²) in [6.07, 6.45) is 0. The number of esters is 9. The lowest BCUT2D eigenvalue weighted by Crippen LogP contribution is -2.33. The first-order valence-corrected chi connectivity index (χ1v) is 24.9. The Hall–Kier alpha value is -5.49. The Morgan fingerprint density at radius 2 is 0.310 bits per heavy atom. The van der Waals surface area contributed by atoms with Crippen molar-refractivity contribution in [3.63, 3.8) is 0 Å². The SMILES string of the molecule is COCC(=O)OC(OC(=O)COC)OC(=O)COC.COCCOCC(=O)OC(OC(=O)COCCOC)OC(=O)COCCOC.COCCOCCOCC(=O)OC(OC(=O)COCCOCCOC)OC(=O)COCCOCCOC. The maximum Gasteiger partial charge on any atom is 0.413 e. The fourth-order valence-electron chi connectivity index (χ4n) is 4.29. The van der Waals surface area contributed by atoms with Gasteiger partial charge >= 0.3 is 73.2 Å².